The fraction of sp³-hybridized carbons (Fsp3) is 0.556. The second-order valence-electron chi connectivity index (χ2n) is 7.22. The zero-order valence-electron chi connectivity index (χ0n) is 14.4. The number of hydrogen-bond acceptors (Lipinski definition) is 4. The summed E-state index contributed by atoms with van der Waals surface area (Å²) in [5, 5.41) is 0. The van der Waals surface area contributed by atoms with Crippen LogP contribution in [0.5, 0.6) is 0 Å². The van der Waals surface area contributed by atoms with Crippen LogP contribution in [-0.2, 0) is 14.3 Å². The highest BCUT2D eigenvalue weighted by Crippen LogP contribution is 2.28. The Balaban J connectivity index is 2.14. The number of nitrogens with two attached hydrogens (primary N) is 1. The molecule has 0 bridgehead atoms. The SMILES string of the molecule is CC(C)(C)OC(=O)[C@H]1CCCN([C@@H](C(N)=O)c2ccc(F)cc2)C1. The van der Waals surface area contributed by atoms with Gasteiger partial charge in [0.25, 0.3) is 0 Å². The van der Waals surface area contributed by atoms with Crippen molar-refractivity contribution in [2.24, 2.45) is 11.7 Å². The molecule has 1 aliphatic rings. The average Bonchev–Trinajstić information content (AvgIpc) is 2.48. The summed E-state index contributed by atoms with van der Waals surface area (Å²) in [5.74, 6) is -1.42. The van der Waals surface area contributed by atoms with Crippen LogP contribution in [0.3, 0.4) is 0 Å². The summed E-state index contributed by atoms with van der Waals surface area (Å²) < 4.78 is 18.6. The van der Waals surface area contributed by atoms with E-state index in [2.05, 4.69) is 0 Å². The van der Waals surface area contributed by atoms with Crippen LogP contribution in [0.15, 0.2) is 24.3 Å². The van der Waals surface area contributed by atoms with Crippen molar-refractivity contribution in [2.75, 3.05) is 13.1 Å². The predicted molar refractivity (Wildman–Crippen MR) is 88.5 cm³/mol. The minimum atomic E-state index is -0.671. The fourth-order valence-electron chi connectivity index (χ4n) is 3.02. The molecule has 2 rings (SSSR count). The molecule has 0 spiro atoms. The number of halogens is 1. The second kappa shape index (κ2) is 7.30. The average molecular weight is 336 g/mol. The van der Waals surface area contributed by atoms with Crippen LogP contribution >= 0.6 is 0 Å². The van der Waals surface area contributed by atoms with E-state index in [1.807, 2.05) is 25.7 Å². The Hall–Kier alpha value is -1.95. The molecule has 24 heavy (non-hydrogen) atoms. The van der Waals surface area contributed by atoms with Crippen molar-refractivity contribution < 1.29 is 18.7 Å². The molecule has 132 valence electrons. The van der Waals surface area contributed by atoms with Crippen molar-refractivity contribution in [3.63, 3.8) is 0 Å². The Morgan fingerprint density at radius 2 is 1.92 bits per heavy atom. The molecule has 1 heterocycles. The largest absolute Gasteiger partial charge is 0.460 e. The van der Waals surface area contributed by atoms with Crippen molar-refractivity contribution in [2.45, 2.75) is 45.3 Å². The Morgan fingerprint density at radius 3 is 2.46 bits per heavy atom. The molecule has 0 radical (unpaired) electrons. The van der Waals surface area contributed by atoms with Crippen molar-refractivity contribution in [1.29, 1.82) is 0 Å². The standard InChI is InChI=1S/C18H25FN2O3/c1-18(2,3)24-17(23)13-5-4-10-21(11-13)15(16(20)22)12-6-8-14(19)9-7-12/h6-9,13,15H,4-5,10-11H2,1-3H3,(H2,20,22)/t13-,15+/m0/s1. The molecular formula is C18H25FN2O3. The number of primary amides is 1. The third-order valence-corrected chi connectivity index (χ3v) is 4.01. The van der Waals surface area contributed by atoms with Crippen LogP contribution < -0.4 is 5.73 Å². The highest BCUT2D eigenvalue weighted by atomic mass is 19.1. The summed E-state index contributed by atoms with van der Waals surface area (Å²) in [6.07, 6.45) is 1.50. The van der Waals surface area contributed by atoms with Crippen molar-refractivity contribution in [1.82, 2.24) is 4.90 Å². The third kappa shape index (κ3) is 4.77. The van der Waals surface area contributed by atoms with Crippen LogP contribution in [0.2, 0.25) is 0 Å². The highest BCUT2D eigenvalue weighted by Gasteiger charge is 2.35. The van der Waals surface area contributed by atoms with Gasteiger partial charge in [0, 0.05) is 6.54 Å². The molecular weight excluding hydrogens is 311 g/mol. The van der Waals surface area contributed by atoms with Gasteiger partial charge in [0.1, 0.15) is 17.5 Å². The van der Waals surface area contributed by atoms with E-state index in [9.17, 15) is 14.0 Å². The Morgan fingerprint density at radius 1 is 1.29 bits per heavy atom. The molecule has 2 N–H and O–H groups in total. The van der Waals surface area contributed by atoms with Gasteiger partial charge in [-0.25, -0.2) is 4.39 Å². The molecule has 0 unspecified atom stereocenters. The van der Waals surface area contributed by atoms with Gasteiger partial charge in [0.2, 0.25) is 5.91 Å². The molecule has 1 saturated heterocycles. The molecule has 1 aliphatic heterocycles. The maximum absolute atomic E-state index is 13.1. The van der Waals surface area contributed by atoms with Crippen LogP contribution in [0.4, 0.5) is 4.39 Å². The molecule has 6 heteroatoms. The normalized spacial score (nSPS) is 20.4. The van der Waals surface area contributed by atoms with Crippen LogP contribution in [0.25, 0.3) is 0 Å². The summed E-state index contributed by atoms with van der Waals surface area (Å²) >= 11 is 0. The lowest BCUT2D eigenvalue weighted by atomic mass is 9.94. The fourth-order valence-corrected chi connectivity index (χ4v) is 3.02. The van der Waals surface area contributed by atoms with E-state index in [-0.39, 0.29) is 17.7 Å². The van der Waals surface area contributed by atoms with E-state index in [0.29, 0.717) is 18.7 Å². The van der Waals surface area contributed by atoms with E-state index in [0.717, 1.165) is 12.8 Å². The minimum absolute atomic E-state index is 0.255. The highest BCUT2D eigenvalue weighted by molar-refractivity contribution is 5.81. The van der Waals surface area contributed by atoms with Gasteiger partial charge in [0.15, 0.2) is 0 Å². The van der Waals surface area contributed by atoms with Gasteiger partial charge in [0.05, 0.1) is 5.92 Å². The lowest BCUT2D eigenvalue weighted by Crippen LogP contribution is -2.46. The van der Waals surface area contributed by atoms with E-state index in [1.54, 1.807) is 12.1 Å². The van der Waals surface area contributed by atoms with Crippen LogP contribution in [0, 0.1) is 11.7 Å². The first-order chi connectivity index (χ1) is 11.2. The van der Waals surface area contributed by atoms with Gasteiger partial charge in [-0.15, -0.1) is 0 Å². The number of ether oxygens (including phenoxy) is 1. The van der Waals surface area contributed by atoms with Crippen molar-refractivity contribution >= 4 is 11.9 Å². The number of benzene rings is 1. The summed E-state index contributed by atoms with van der Waals surface area (Å²) in [7, 11) is 0. The predicted octanol–water partition coefficient (Wildman–Crippen LogP) is 2.41. The summed E-state index contributed by atoms with van der Waals surface area (Å²) in [6.45, 7) is 6.55. The summed E-state index contributed by atoms with van der Waals surface area (Å²) in [6, 6.07) is 5.06. The first kappa shape index (κ1) is 18.4. The van der Waals surface area contributed by atoms with Gasteiger partial charge >= 0.3 is 5.97 Å². The Labute approximate surface area is 142 Å². The van der Waals surface area contributed by atoms with Gasteiger partial charge < -0.3 is 10.5 Å². The Kier molecular flexibility index (Phi) is 5.59. The quantitative estimate of drug-likeness (QED) is 0.857. The smallest absolute Gasteiger partial charge is 0.310 e. The van der Waals surface area contributed by atoms with Crippen LogP contribution in [0.1, 0.15) is 45.2 Å². The number of nitrogens with zero attached hydrogens (tertiary/aromatic N) is 1. The first-order valence-electron chi connectivity index (χ1n) is 8.19. The number of hydrogen-bond donors (Lipinski definition) is 1. The third-order valence-electron chi connectivity index (χ3n) is 4.01. The maximum atomic E-state index is 13.1. The molecule has 5 nitrogen and oxygen atoms in total. The molecule has 2 atom stereocenters. The lowest BCUT2D eigenvalue weighted by molar-refractivity contribution is -0.162. The van der Waals surface area contributed by atoms with Crippen LogP contribution in [-0.4, -0.2) is 35.5 Å². The number of esters is 1. The number of carbonyl (C=O) groups excluding carboxylic acids is 2. The molecule has 1 aromatic carbocycles. The van der Waals surface area contributed by atoms with Crippen molar-refractivity contribution in [3.05, 3.63) is 35.6 Å². The second-order valence-corrected chi connectivity index (χ2v) is 7.22. The lowest BCUT2D eigenvalue weighted by Gasteiger charge is -2.37. The first-order valence-corrected chi connectivity index (χ1v) is 8.19. The number of likely N-dealkylation sites (tertiary alicyclic amines) is 1. The number of piperidine rings is 1. The maximum Gasteiger partial charge on any atom is 0.310 e. The van der Waals surface area contributed by atoms with Gasteiger partial charge in [-0.05, 0) is 57.9 Å². The summed E-state index contributed by atoms with van der Waals surface area (Å²) in [5.41, 5.74) is 5.66. The molecule has 0 aliphatic carbocycles. The molecule has 1 fully saturated rings. The van der Waals surface area contributed by atoms with Gasteiger partial charge in [-0.3, -0.25) is 14.5 Å². The summed E-state index contributed by atoms with van der Waals surface area (Å²) in [4.78, 5) is 26.2. The van der Waals surface area contributed by atoms with E-state index >= 15 is 0 Å². The number of amides is 1. The zero-order chi connectivity index (χ0) is 17.9. The Bertz CT molecular complexity index is 595. The van der Waals surface area contributed by atoms with E-state index in [1.165, 1.54) is 12.1 Å². The molecule has 0 aromatic heterocycles. The van der Waals surface area contributed by atoms with Crippen molar-refractivity contribution in [3.8, 4) is 0 Å². The number of carbonyl (C=O) groups is 2. The molecule has 1 aromatic rings. The minimum Gasteiger partial charge on any atom is -0.460 e. The topological polar surface area (TPSA) is 72.6 Å². The molecule has 1 amide bonds. The van der Waals surface area contributed by atoms with E-state index in [4.69, 9.17) is 10.5 Å². The zero-order valence-corrected chi connectivity index (χ0v) is 14.4. The van der Waals surface area contributed by atoms with Gasteiger partial charge in [-0.1, -0.05) is 12.1 Å². The molecule has 0 saturated carbocycles. The monoisotopic (exact) mass is 336 g/mol. The number of rotatable bonds is 4. The van der Waals surface area contributed by atoms with E-state index < -0.39 is 17.6 Å². The van der Waals surface area contributed by atoms with Gasteiger partial charge in [-0.2, -0.15) is 0 Å².